The van der Waals surface area contributed by atoms with Gasteiger partial charge in [-0.2, -0.15) is 0 Å². The van der Waals surface area contributed by atoms with Gasteiger partial charge in [-0.15, -0.1) is 0 Å². The Morgan fingerprint density at radius 2 is 1.33 bits per heavy atom. The van der Waals surface area contributed by atoms with E-state index in [0.717, 1.165) is 11.3 Å². The van der Waals surface area contributed by atoms with E-state index < -0.39 is 10.0 Å². The number of hydrogen-bond acceptors (Lipinski definition) is 4. The Kier molecular flexibility index (Phi) is 5.78. The van der Waals surface area contributed by atoms with Gasteiger partial charge >= 0.3 is 0 Å². The molecule has 5 nitrogen and oxygen atoms in total. The normalized spacial score (nSPS) is 12.4. The average Bonchev–Trinajstić information content (AvgIpc) is 2.69. The van der Waals surface area contributed by atoms with Crippen molar-refractivity contribution in [2.75, 3.05) is 7.11 Å². The van der Waals surface area contributed by atoms with E-state index >= 15 is 0 Å². The smallest absolute Gasteiger partial charge is 0.241 e. The fourth-order valence-corrected chi connectivity index (χ4v) is 3.80. The Hall–Kier alpha value is -2.83. The molecule has 3 aromatic carbocycles. The summed E-state index contributed by atoms with van der Waals surface area (Å²) in [6.45, 7) is 1.80. The third-order valence-corrected chi connectivity index (χ3v) is 5.62. The monoisotopic (exact) mass is 383 g/mol. The van der Waals surface area contributed by atoms with Crippen LogP contribution in [0.4, 0.5) is 0 Å². The molecule has 3 aromatic rings. The minimum Gasteiger partial charge on any atom is -0.497 e. The maximum absolute atomic E-state index is 12.6. The van der Waals surface area contributed by atoms with Crippen LogP contribution in [0, 0.1) is 0 Å². The van der Waals surface area contributed by atoms with Crippen molar-refractivity contribution in [1.29, 1.82) is 0 Å². The summed E-state index contributed by atoms with van der Waals surface area (Å²) < 4.78 is 38.8. The summed E-state index contributed by atoms with van der Waals surface area (Å²) in [6.07, 6.45) is 0. The van der Waals surface area contributed by atoms with Gasteiger partial charge in [0.2, 0.25) is 10.0 Å². The van der Waals surface area contributed by atoms with Crippen molar-refractivity contribution >= 4 is 10.0 Å². The van der Waals surface area contributed by atoms with E-state index in [9.17, 15) is 8.42 Å². The molecule has 0 fully saturated rings. The molecule has 6 heteroatoms. The first-order chi connectivity index (χ1) is 13.0. The molecule has 0 aliphatic rings. The van der Waals surface area contributed by atoms with Crippen molar-refractivity contribution in [3.8, 4) is 17.2 Å². The highest BCUT2D eigenvalue weighted by Gasteiger charge is 2.18. The molecule has 1 N–H and O–H groups in total. The summed E-state index contributed by atoms with van der Waals surface area (Å²) in [5.74, 6) is 1.99. The van der Waals surface area contributed by atoms with Gasteiger partial charge < -0.3 is 9.47 Å². The molecule has 0 saturated heterocycles. The fourth-order valence-electron chi connectivity index (χ4n) is 2.57. The Balaban J connectivity index is 1.70. The van der Waals surface area contributed by atoms with Crippen LogP contribution in [0.1, 0.15) is 18.5 Å². The molecule has 0 spiro atoms. The van der Waals surface area contributed by atoms with E-state index in [4.69, 9.17) is 9.47 Å². The molecule has 140 valence electrons. The molecule has 0 bridgehead atoms. The third kappa shape index (κ3) is 4.87. The summed E-state index contributed by atoms with van der Waals surface area (Å²) >= 11 is 0. The van der Waals surface area contributed by atoms with Crippen molar-refractivity contribution < 1.29 is 17.9 Å². The molecule has 0 heterocycles. The number of para-hydroxylation sites is 1. The number of rotatable bonds is 7. The first-order valence-corrected chi connectivity index (χ1v) is 9.95. The second-order valence-corrected chi connectivity index (χ2v) is 7.72. The number of benzene rings is 3. The van der Waals surface area contributed by atoms with Crippen LogP contribution in [0.3, 0.4) is 0 Å². The van der Waals surface area contributed by atoms with Crippen LogP contribution in [-0.4, -0.2) is 15.5 Å². The van der Waals surface area contributed by atoms with Crippen LogP contribution in [0.25, 0.3) is 0 Å². The molecule has 0 aromatic heterocycles. The predicted molar refractivity (Wildman–Crippen MR) is 105 cm³/mol. The van der Waals surface area contributed by atoms with Crippen LogP contribution in [0.2, 0.25) is 0 Å². The van der Waals surface area contributed by atoms with Gasteiger partial charge in [0.1, 0.15) is 17.2 Å². The lowest BCUT2D eigenvalue weighted by molar-refractivity contribution is 0.414. The van der Waals surface area contributed by atoms with Crippen molar-refractivity contribution in [2.45, 2.75) is 17.9 Å². The van der Waals surface area contributed by atoms with E-state index in [2.05, 4.69) is 4.72 Å². The van der Waals surface area contributed by atoms with Crippen LogP contribution in [0.15, 0.2) is 83.8 Å². The Bertz CT molecular complexity index is 969. The predicted octanol–water partition coefficient (Wildman–Crippen LogP) is 4.53. The third-order valence-electron chi connectivity index (χ3n) is 4.06. The van der Waals surface area contributed by atoms with Gasteiger partial charge in [0.05, 0.1) is 12.0 Å². The molecule has 3 rings (SSSR count). The number of methoxy groups -OCH3 is 1. The van der Waals surface area contributed by atoms with Crippen molar-refractivity contribution in [1.82, 2.24) is 4.72 Å². The minimum absolute atomic E-state index is 0.184. The Labute approximate surface area is 159 Å². The van der Waals surface area contributed by atoms with Crippen molar-refractivity contribution in [3.63, 3.8) is 0 Å². The Morgan fingerprint density at radius 3 is 1.93 bits per heavy atom. The second-order valence-electron chi connectivity index (χ2n) is 6.00. The molecule has 0 amide bonds. The highest BCUT2D eigenvalue weighted by atomic mass is 32.2. The van der Waals surface area contributed by atoms with Crippen LogP contribution >= 0.6 is 0 Å². The van der Waals surface area contributed by atoms with Crippen LogP contribution < -0.4 is 14.2 Å². The second kappa shape index (κ2) is 8.24. The first kappa shape index (κ1) is 18.9. The molecule has 27 heavy (non-hydrogen) atoms. The summed E-state index contributed by atoms with van der Waals surface area (Å²) in [4.78, 5) is 0.184. The number of sulfonamides is 1. The van der Waals surface area contributed by atoms with Crippen LogP contribution in [-0.2, 0) is 10.0 Å². The maximum atomic E-state index is 12.6. The van der Waals surface area contributed by atoms with E-state index in [0.29, 0.717) is 11.5 Å². The van der Waals surface area contributed by atoms with Gasteiger partial charge in [-0.25, -0.2) is 13.1 Å². The summed E-state index contributed by atoms with van der Waals surface area (Å²) in [7, 11) is -2.06. The molecule has 0 aliphatic heterocycles. The fraction of sp³-hybridized carbons (Fsp3) is 0.143. The lowest BCUT2D eigenvalue weighted by atomic mass is 10.1. The van der Waals surface area contributed by atoms with Gasteiger partial charge in [0.15, 0.2) is 0 Å². The maximum Gasteiger partial charge on any atom is 0.241 e. The Morgan fingerprint density at radius 1 is 0.778 bits per heavy atom. The van der Waals surface area contributed by atoms with E-state index in [1.165, 1.54) is 12.1 Å². The molecule has 1 atom stereocenters. The summed E-state index contributed by atoms with van der Waals surface area (Å²) in [5.41, 5.74) is 0.850. The average molecular weight is 383 g/mol. The number of hydrogen-bond donors (Lipinski definition) is 1. The molecular weight excluding hydrogens is 362 g/mol. The summed E-state index contributed by atoms with van der Waals surface area (Å²) in [6, 6.07) is 22.6. The van der Waals surface area contributed by atoms with Crippen molar-refractivity contribution in [2.24, 2.45) is 0 Å². The van der Waals surface area contributed by atoms with Crippen molar-refractivity contribution in [3.05, 3.63) is 84.4 Å². The number of nitrogens with one attached hydrogen (secondary N) is 1. The molecule has 0 radical (unpaired) electrons. The van der Waals surface area contributed by atoms with E-state index in [1.807, 2.05) is 42.5 Å². The van der Waals surface area contributed by atoms with E-state index in [1.54, 1.807) is 38.3 Å². The van der Waals surface area contributed by atoms with Gasteiger partial charge in [0, 0.05) is 6.04 Å². The summed E-state index contributed by atoms with van der Waals surface area (Å²) in [5, 5.41) is 0. The molecule has 0 saturated carbocycles. The highest BCUT2D eigenvalue weighted by Crippen LogP contribution is 2.24. The molecular formula is C21H21NO4S. The zero-order valence-corrected chi connectivity index (χ0v) is 15.9. The van der Waals surface area contributed by atoms with Gasteiger partial charge in [-0.05, 0) is 61.0 Å². The lowest BCUT2D eigenvalue weighted by Gasteiger charge is -2.15. The van der Waals surface area contributed by atoms with Gasteiger partial charge in [-0.1, -0.05) is 30.3 Å². The number of ether oxygens (including phenoxy) is 2. The zero-order chi connectivity index (χ0) is 19.3. The SMILES string of the molecule is COc1ccc([C@H](C)NS(=O)(=O)c2ccc(Oc3ccccc3)cc2)cc1. The van der Waals surface area contributed by atoms with Gasteiger partial charge in [-0.3, -0.25) is 0 Å². The van der Waals surface area contributed by atoms with Crippen LogP contribution in [0.5, 0.6) is 17.2 Å². The lowest BCUT2D eigenvalue weighted by Crippen LogP contribution is -2.26. The minimum atomic E-state index is -3.65. The quantitative estimate of drug-likeness (QED) is 0.651. The zero-order valence-electron chi connectivity index (χ0n) is 15.1. The molecule has 0 unspecified atom stereocenters. The standard InChI is InChI=1S/C21H21NO4S/c1-16(17-8-10-18(25-2)11-9-17)22-27(23,24)21-14-12-20(13-15-21)26-19-6-4-3-5-7-19/h3-16,22H,1-2H3/t16-/m0/s1. The molecule has 0 aliphatic carbocycles. The van der Waals surface area contributed by atoms with E-state index in [-0.39, 0.29) is 10.9 Å². The largest absolute Gasteiger partial charge is 0.497 e. The topological polar surface area (TPSA) is 64.6 Å². The highest BCUT2D eigenvalue weighted by molar-refractivity contribution is 7.89. The first-order valence-electron chi connectivity index (χ1n) is 8.47. The van der Waals surface area contributed by atoms with Gasteiger partial charge in [0.25, 0.3) is 0 Å².